The zero-order valence-corrected chi connectivity index (χ0v) is 11.5. The van der Waals surface area contributed by atoms with Crippen LogP contribution in [-0.2, 0) is 17.6 Å². The van der Waals surface area contributed by atoms with Crippen LogP contribution in [0.25, 0.3) is 0 Å². The van der Waals surface area contributed by atoms with Gasteiger partial charge in [-0.3, -0.25) is 4.79 Å². The van der Waals surface area contributed by atoms with Gasteiger partial charge < -0.3 is 11.1 Å². The molecule has 0 radical (unpaired) electrons. The molecule has 0 bridgehead atoms. The van der Waals surface area contributed by atoms with E-state index in [0.717, 1.165) is 18.4 Å². The van der Waals surface area contributed by atoms with Crippen LogP contribution in [0.1, 0.15) is 18.1 Å². The van der Waals surface area contributed by atoms with E-state index in [4.69, 9.17) is 5.73 Å². The van der Waals surface area contributed by atoms with Gasteiger partial charge in [-0.1, -0.05) is 30.3 Å². The largest absolute Gasteiger partial charge is 0.320 e. The average Bonchev–Trinajstić information content (AvgIpc) is 2.46. The van der Waals surface area contributed by atoms with Crippen LogP contribution in [0.2, 0.25) is 0 Å². The van der Waals surface area contributed by atoms with Crippen molar-refractivity contribution in [2.75, 3.05) is 5.32 Å². The second kappa shape index (κ2) is 6.82. The molecule has 1 atom stereocenters. The van der Waals surface area contributed by atoms with Crippen molar-refractivity contribution in [3.05, 3.63) is 59.8 Å². The number of rotatable bonds is 5. The van der Waals surface area contributed by atoms with Gasteiger partial charge in [0.2, 0.25) is 5.91 Å². The summed E-state index contributed by atoms with van der Waals surface area (Å²) in [4.78, 5) is 15.7. The Morgan fingerprint density at radius 3 is 2.60 bits per heavy atom. The summed E-state index contributed by atoms with van der Waals surface area (Å²) in [5.74, 6) is 0.329. The van der Waals surface area contributed by atoms with Crippen molar-refractivity contribution >= 4 is 11.7 Å². The van der Waals surface area contributed by atoms with Crippen molar-refractivity contribution in [1.82, 2.24) is 4.98 Å². The third kappa shape index (κ3) is 4.17. The van der Waals surface area contributed by atoms with Gasteiger partial charge in [-0.15, -0.1) is 0 Å². The van der Waals surface area contributed by atoms with E-state index >= 15 is 0 Å². The summed E-state index contributed by atoms with van der Waals surface area (Å²) in [5.41, 5.74) is 7.96. The number of carbonyl (C=O) groups excluding carboxylic acids is 1. The Kier molecular flexibility index (Phi) is 4.85. The number of aromatic nitrogens is 1. The summed E-state index contributed by atoms with van der Waals surface area (Å²) < 4.78 is 0. The highest BCUT2D eigenvalue weighted by molar-refractivity contribution is 5.93. The molecule has 2 rings (SSSR count). The fourth-order valence-electron chi connectivity index (χ4n) is 1.87. The van der Waals surface area contributed by atoms with E-state index in [2.05, 4.69) is 22.4 Å². The lowest BCUT2D eigenvalue weighted by atomic mass is 10.1. The number of pyridine rings is 1. The van der Waals surface area contributed by atoms with Crippen molar-refractivity contribution in [2.24, 2.45) is 5.73 Å². The molecule has 0 spiro atoms. The summed E-state index contributed by atoms with van der Waals surface area (Å²) in [5, 5.41) is 2.70. The molecule has 0 saturated carbocycles. The molecule has 1 amide bonds. The van der Waals surface area contributed by atoms with Crippen LogP contribution in [0, 0.1) is 0 Å². The number of benzene rings is 1. The summed E-state index contributed by atoms with van der Waals surface area (Å²) in [6.45, 7) is 1.65. The fourth-order valence-corrected chi connectivity index (χ4v) is 1.87. The Hall–Kier alpha value is -2.20. The number of amides is 1. The maximum Gasteiger partial charge on any atom is 0.242 e. The molecule has 2 aromatic rings. The van der Waals surface area contributed by atoms with Crippen LogP contribution in [0.5, 0.6) is 0 Å². The molecule has 1 unspecified atom stereocenters. The first-order chi connectivity index (χ1) is 9.65. The minimum absolute atomic E-state index is 0.224. The molecular weight excluding hydrogens is 250 g/mol. The summed E-state index contributed by atoms with van der Waals surface area (Å²) >= 11 is 0. The zero-order valence-electron chi connectivity index (χ0n) is 11.5. The first-order valence-electron chi connectivity index (χ1n) is 6.70. The average molecular weight is 269 g/mol. The van der Waals surface area contributed by atoms with Gasteiger partial charge in [0.15, 0.2) is 0 Å². The second-order valence-electron chi connectivity index (χ2n) is 4.81. The van der Waals surface area contributed by atoms with Crippen LogP contribution in [-0.4, -0.2) is 16.9 Å². The molecule has 1 aromatic heterocycles. The van der Waals surface area contributed by atoms with Gasteiger partial charge >= 0.3 is 0 Å². The number of aryl methyl sites for hydroxylation is 2. The van der Waals surface area contributed by atoms with Crippen LogP contribution < -0.4 is 11.1 Å². The lowest BCUT2D eigenvalue weighted by Crippen LogP contribution is -2.32. The van der Waals surface area contributed by atoms with Crippen molar-refractivity contribution in [1.29, 1.82) is 0 Å². The van der Waals surface area contributed by atoms with E-state index in [9.17, 15) is 4.79 Å². The topological polar surface area (TPSA) is 68.0 Å². The number of nitrogens with two attached hydrogens (primary N) is 1. The molecule has 0 aliphatic heterocycles. The monoisotopic (exact) mass is 269 g/mol. The van der Waals surface area contributed by atoms with Gasteiger partial charge in [-0.2, -0.15) is 0 Å². The Labute approximate surface area is 119 Å². The minimum atomic E-state index is -0.537. The molecule has 104 valence electrons. The lowest BCUT2D eigenvalue weighted by molar-refractivity contribution is -0.117. The highest BCUT2D eigenvalue weighted by Gasteiger charge is 2.08. The standard InChI is InChI=1S/C16H19N3O/c1-12(17)16(20)19-15-11-14(9-10-18-15)8-7-13-5-3-2-4-6-13/h2-6,9-12H,7-8,17H2,1H3,(H,18,19,20). The first kappa shape index (κ1) is 14.2. The van der Waals surface area contributed by atoms with E-state index < -0.39 is 6.04 Å². The third-order valence-electron chi connectivity index (χ3n) is 3.03. The summed E-state index contributed by atoms with van der Waals surface area (Å²) in [6, 6.07) is 13.6. The van der Waals surface area contributed by atoms with E-state index in [1.807, 2.05) is 30.3 Å². The predicted octanol–water partition coefficient (Wildman–Crippen LogP) is 2.15. The van der Waals surface area contributed by atoms with Crippen LogP contribution in [0.4, 0.5) is 5.82 Å². The van der Waals surface area contributed by atoms with Crippen molar-refractivity contribution < 1.29 is 4.79 Å². The Balaban J connectivity index is 1.97. The number of hydrogen-bond donors (Lipinski definition) is 2. The van der Waals surface area contributed by atoms with Gasteiger partial charge in [0.25, 0.3) is 0 Å². The quantitative estimate of drug-likeness (QED) is 0.874. The summed E-state index contributed by atoms with van der Waals surface area (Å²) in [7, 11) is 0. The van der Waals surface area contributed by atoms with Crippen LogP contribution in [0.15, 0.2) is 48.7 Å². The van der Waals surface area contributed by atoms with E-state index in [0.29, 0.717) is 5.82 Å². The predicted molar refractivity (Wildman–Crippen MR) is 80.4 cm³/mol. The van der Waals surface area contributed by atoms with Gasteiger partial charge in [0.05, 0.1) is 6.04 Å². The number of hydrogen-bond acceptors (Lipinski definition) is 3. The van der Waals surface area contributed by atoms with Gasteiger partial charge in [-0.05, 0) is 43.0 Å². The molecule has 4 heteroatoms. The second-order valence-corrected chi connectivity index (χ2v) is 4.81. The normalized spacial score (nSPS) is 11.9. The first-order valence-corrected chi connectivity index (χ1v) is 6.70. The van der Waals surface area contributed by atoms with Gasteiger partial charge in [-0.25, -0.2) is 4.98 Å². The van der Waals surface area contributed by atoms with E-state index in [-0.39, 0.29) is 5.91 Å². The summed E-state index contributed by atoms with van der Waals surface area (Å²) in [6.07, 6.45) is 3.58. The molecular formula is C16H19N3O. The molecule has 0 aliphatic carbocycles. The highest BCUT2D eigenvalue weighted by atomic mass is 16.2. The number of carbonyl (C=O) groups is 1. The Morgan fingerprint density at radius 2 is 1.90 bits per heavy atom. The third-order valence-corrected chi connectivity index (χ3v) is 3.03. The van der Waals surface area contributed by atoms with Crippen molar-refractivity contribution in [3.63, 3.8) is 0 Å². The molecule has 0 fully saturated rings. The number of nitrogens with zero attached hydrogens (tertiary/aromatic N) is 1. The smallest absolute Gasteiger partial charge is 0.242 e. The zero-order chi connectivity index (χ0) is 14.4. The number of nitrogens with one attached hydrogen (secondary N) is 1. The molecule has 4 nitrogen and oxygen atoms in total. The molecule has 0 saturated heterocycles. The molecule has 1 aromatic carbocycles. The maximum absolute atomic E-state index is 11.5. The van der Waals surface area contributed by atoms with Crippen LogP contribution >= 0.6 is 0 Å². The van der Waals surface area contributed by atoms with Gasteiger partial charge in [0.1, 0.15) is 5.82 Å². The van der Waals surface area contributed by atoms with Gasteiger partial charge in [0, 0.05) is 6.20 Å². The van der Waals surface area contributed by atoms with Crippen LogP contribution in [0.3, 0.4) is 0 Å². The Bertz CT molecular complexity index is 567. The highest BCUT2D eigenvalue weighted by Crippen LogP contribution is 2.11. The molecule has 20 heavy (non-hydrogen) atoms. The molecule has 3 N–H and O–H groups in total. The van der Waals surface area contributed by atoms with E-state index in [1.165, 1.54) is 5.56 Å². The molecule has 0 aliphatic rings. The van der Waals surface area contributed by atoms with Crippen molar-refractivity contribution in [2.45, 2.75) is 25.8 Å². The lowest BCUT2D eigenvalue weighted by Gasteiger charge is -2.08. The maximum atomic E-state index is 11.5. The number of anilines is 1. The minimum Gasteiger partial charge on any atom is -0.320 e. The van der Waals surface area contributed by atoms with E-state index in [1.54, 1.807) is 13.1 Å². The SMILES string of the molecule is CC(N)C(=O)Nc1cc(CCc2ccccc2)ccn1. The van der Waals surface area contributed by atoms with Crippen molar-refractivity contribution in [3.8, 4) is 0 Å². The Morgan fingerprint density at radius 1 is 1.20 bits per heavy atom. The fraction of sp³-hybridized carbons (Fsp3) is 0.250. The molecule has 1 heterocycles.